The maximum atomic E-state index is 13.0. The largest absolute Gasteiger partial charge is 0.573 e. The van der Waals surface area contributed by atoms with E-state index in [1.807, 2.05) is 6.20 Å². The van der Waals surface area contributed by atoms with Gasteiger partial charge in [-0.2, -0.15) is 0 Å². The van der Waals surface area contributed by atoms with Crippen molar-refractivity contribution < 1.29 is 27.4 Å². The van der Waals surface area contributed by atoms with E-state index >= 15 is 0 Å². The summed E-state index contributed by atoms with van der Waals surface area (Å²) in [6.45, 7) is 2.40. The van der Waals surface area contributed by atoms with Crippen LogP contribution in [0.5, 0.6) is 5.75 Å². The minimum absolute atomic E-state index is 0.0517. The van der Waals surface area contributed by atoms with E-state index < -0.39 is 12.1 Å². The third-order valence-electron chi connectivity index (χ3n) is 6.49. The van der Waals surface area contributed by atoms with E-state index in [0.29, 0.717) is 19.7 Å². The topological polar surface area (TPSA) is 106 Å². The maximum Gasteiger partial charge on any atom is 0.573 e. The molecule has 0 unspecified atom stereocenters. The predicted octanol–water partition coefficient (Wildman–Crippen LogP) is 3.96. The number of nitrogen functional groups attached to an aromatic ring is 1. The van der Waals surface area contributed by atoms with Crippen molar-refractivity contribution in [2.45, 2.75) is 37.5 Å². The molecule has 2 saturated heterocycles. The molecule has 0 saturated carbocycles. The Hall–Kier alpha value is -3.34. The molecule has 34 heavy (non-hydrogen) atoms. The Morgan fingerprint density at radius 3 is 2.68 bits per heavy atom. The molecule has 2 aromatic heterocycles. The Balaban J connectivity index is 1.27. The van der Waals surface area contributed by atoms with Gasteiger partial charge < -0.3 is 25.1 Å². The molecule has 3 N–H and O–H groups in total. The number of fused-ring (bicyclic) bond motifs is 1. The molecule has 3 aromatic rings. The highest BCUT2D eigenvalue weighted by Gasteiger charge is 2.32. The third-order valence-corrected chi connectivity index (χ3v) is 6.49. The molecule has 0 spiro atoms. The average Bonchev–Trinajstić information content (AvgIpc) is 3.48. The molecular formula is C23H24F3N5O3. The first-order chi connectivity index (χ1) is 16.3. The first kappa shape index (κ1) is 22.5. The van der Waals surface area contributed by atoms with Crippen molar-refractivity contribution in [3.63, 3.8) is 0 Å². The zero-order valence-corrected chi connectivity index (χ0v) is 18.3. The van der Waals surface area contributed by atoms with Crippen LogP contribution in [-0.4, -0.2) is 58.4 Å². The summed E-state index contributed by atoms with van der Waals surface area (Å²) in [5.74, 6) is -0.291. The minimum Gasteiger partial charge on any atom is -0.406 e. The molecular weight excluding hydrogens is 451 g/mol. The maximum absolute atomic E-state index is 13.0. The molecule has 2 aliphatic heterocycles. The molecule has 1 aromatic carbocycles. The van der Waals surface area contributed by atoms with Crippen LogP contribution in [0.25, 0.3) is 11.2 Å². The van der Waals surface area contributed by atoms with Gasteiger partial charge in [0.2, 0.25) is 0 Å². The Bertz CT molecular complexity index is 1200. The monoisotopic (exact) mass is 475 g/mol. The molecule has 8 nitrogen and oxygen atoms in total. The zero-order valence-electron chi connectivity index (χ0n) is 18.3. The summed E-state index contributed by atoms with van der Waals surface area (Å²) in [6.07, 6.45) is 1.32. The van der Waals surface area contributed by atoms with Crippen LogP contribution < -0.4 is 10.5 Å². The lowest BCUT2D eigenvalue weighted by Gasteiger charge is -2.32. The van der Waals surface area contributed by atoms with Gasteiger partial charge in [0.1, 0.15) is 11.3 Å². The number of aromatic amines is 1. The second-order valence-electron chi connectivity index (χ2n) is 8.66. The molecule has 0 bridgehead atoms. The fourth-order valence-electron chi connectivity index (χ4n) is 4.70. The van der Waals surface area contributed by atoms with E-state index in [0.717, 1.165) is 60.4 Å². The van der Waals surface area contributed by atoms with Crippen LogP contribution in [0.1, 0.15) is 52.7 Å². The van der Waals surface area contributed by atoms with E-state index in [-0.39, 0.29) is 29.0 Å². The van der Waals surface area contributed by atoms with Gasteiger partial charge in [-0.05, 0) is 37.3 Å². The number of hydrogen-bond acceptors (Lipinski definition) is 6. The number of aromatic nitrogens is 3. The number of halogens is 3. The Labute approximate surface area is 193 Å². The second-order valence-corrected chi connectivity index (χ2v) is 8.66. The number of piperidine rings is 1. The van der Waals surface area contributed by atoms with Crippen LogP contribution in [0.4, 0.5) is 18.9 Å². The van der Waals surface area contributed by atoms with Gasteiger partial charge in [0.25, 0.3) is 5.91 Å². The standard InChI is InChI=1S/C23H24F3N5O3/c24-23(25,26)34-15-1-2-16(18(27)9-15)22(32)31-6-3-13(4-7-31)17-10-28-21-20(17)30-19(11-29-21)14-5-8-33-12-14/h1-2,9-11,13-14H,3-8,12,27H2,(H,28,29)/t14-/m1/s1. The van der Waals surface area contributed by atoms with Gasteiger partial charge in [0.15, 0.2) is 5.65 Å². The quantitative estimate of drug-likeness (QED) is 0.554. The van der Waals surface area contributed by atoms with Gasteiger partial charge in [-0.15, -0.1) is 13.2 Å². The average molecular weight is 475 g/mol. The number of H-pyrrole nitrogens is 1. The SMILES string of the molecule is Nc1cc(OC(F)(F)F)ccc1C(=O)N1CCC(c2c[nH]c3ncc([C@@H]4CCOC4)nc23)CC1. The summed E-state index contributed by atoms with van der Waals surface area (Å²) >= 11 is 0. The molecule has 1 amide bonds. The second kappa shape index (κ2) is 8.79. The van der Waals surface area contributed by atoms with Gasteiger partial charge in [0.05, 0.1) is 24.1 Å². The van der Waals surface area contributed by atoms with Crippen molar-refractivity contribution in [2.75, 3.05) is 32.0 Å². The van der Waals surface area contributed by atoms with E-state index in [9.17, 15) is 18.0 Å². The molecule has 0 aliphatic carbocycles. The Morgan fingerprint density at radius 1 is 1.21 bits per heavy atom. The number of likely N-dealkylation sites (tertiary alicyclic amines) is 1. The normalized spacial score (nSPS) is 19.6. The van der Waals surface area contributed by atoms with Crippen molar-refractivity contribution in [1.82, 2.24) is 19.9 Å². The number of anilines is 1. The number of rotatable bonds is 4. The van der Waals surface area contributed by atoms with Gasteiger partial charge in [-0.25, -0.2) is 9.97 Å². The molecule has 1 atom stereocenters. The molecule has 0 radical (unpaired) electrons. The van der Waals surface area contributed by atoms with Gasteiger partial charge in [-0.3, -0.25) is 4.79 Å². The van der Waals surface area contributed by atoms with Crippen molar-refractivity contribution in [2.24, 2.45) is 0 Å². The number of carbonyl (C=O) groups excluding carboxylic acids is 1. The first-order valence-electron chi connectivity index (χ1n) is 11.1. The minimum atomic E-state index is -4.82. The third kappa shape index (κ3) is 4.52. The summed E-state index contributed by atoms with van der Waals surface area (Å²) in [4.78, 5) is 27.2. The van der Waals surface area contributed by atoms with E-state index in [1.54, 1.807) is 11.1 Å². The van der Waals surface area contributed by atoms with E-state index in [4.69, 9.17) is 15.5 Å². The van der Waals surface area contributed by atoms with Crippen LogP contribution in [0.2, 0.25) is 0 Å². The molecule has 2 fully saturated rings. The van der Waals surface area contributed by atoms with Crippen LogP contribution in [0.3, 0.4) is 0 Å². The lowest BCUT2D eigenvalue weighted by atomic mass is 9.90. The number of nitrogens with zero attached hydrogens (tertiary/aromatic N) is 3. The van der Waals surface area contributed by atoms with Crippen molar-refractivity contribution in [3.05, 3.63) is 47.4 Å². The number of ether oxygens (including phenoxy) is 2. The number of amides is 1. The number of carbonyl (C=O) groups is 1. The summed E-state index contributed by atoms with van der Waals surface area (Å²) in [5.41, 5.74) is 9.59. The summed E-state index contributed by atoms with van der Waals surface area (Å²) in [6, 6.07) is 3.39. The van der Waals surface area contributed by atoms with Crippen LogP contribution in [-0.2, 0) is 4.74 Å². The summed E-state index contributed by atoms with van der Waals surface area (Å²) in [7, 11) is 0. The van der Waals surface area contributed by atoms with Crippen LogP contribution in [0.15, 0.2) is 30.6 Å². The highest BCUT2D eigenvalue weighted by molar-refractivity contribution is 5.99. The smallest absolute Gasteiger partial charge is 0.406 e. The molecule has 180 valence electrons. The summed E-state index contributed by atoms with van der Waals surface area (Å²) in [5, 5.41) is 0. The fourth-order valence-corrected chi connectivity index (χ4v) is 4.70. The fraction of sp³-hybridized carbons (Fsp3) is 0.435. The predicted molar refractivity (Wildman–Crippen MR) is 117 cm³/mol. The first-order valence-corrected chi connectivity index (χ1v) is 11.1. The molecule has 5 rings (SSSR count). The highest BCUT2D eigenvalue weighted by atomic mass is 19.4. The highest BCUT2D eigenvalue weighted by Crippen LogP contribution is 2.34. The molecule has 2 aliphatic rings. The number of alkyl halides is 3. The lowest BCUT2D eigenvalue weighted by Crippen LogP contribution is -2.38. The number of nitrogens with one attached hydrogen (secondary N) is 1. The number of benzene rings is 1. The number of nitrogens with two attached hydrogens (primary N) is 1. The van der Waals surface area contributed by atoms with Crippen molar-refractivity contribution >= 4 is 22.8 Å². The molecule has 4 heterocycles. The van der Waals surface area contributed by atoms with E-state index in [1.165, 1.54) is 6.07 Å². The van der Waals surface area contributed by atoms with Gasteiger partial charge in [0, 0.05) is 49.1 Å². The van der Waals surface area contributed by atoms with E-state index in [2.05, 4.69) is 14.7 Å². The van der Waals surface area contributed by atoms with Crippen LogP contribution >= 0.6 is 0 Å². The van der Waals surface area contributed by atoms with Crippen molar-refractivity contribution in [3.8, 4) is 5.75 Å². The Morgan fingerprint density at radius 2 is 2.00 bits per heavy atom. The Kier molecular flexibility index (Phi) is 5.80. The van der Waals surface area contributed by atoms with Crippen molar-refractivity contribution in [1.29, 1.82) is 0 Å². The van der Waals surface area contributed by atoms with Gasteiger partial charge >= 0.3 is 6.36 Å². The lowest BCUT2D eigenvalue weighted by molar-refractivity contribution is -0.274. The molecule has 11 heteroatoms. The zero-order chi connectivity index (χ0) is 23.9. The van der Waals surface area contributed by atoms with Crippen LogP contribution in [0, 0.1) is 0 Å². The number of hydrogen-bond donors (Lipinski definition) is 2. The van der Waals surface area contributed by atoms with Gasteiger partial charge in [-0.1, -0.05) is 0 Å². The summed E-state index contributed by atoms with van der Waals surface area (Å²) < 4.78 is 46.6.